The highest BCUT2D eigenvalue weighted by Gasteiger charge is 2.20. The summed E-state index contributed by atoms with van der Waals surface area (Å²) in [4.78, 5) is 32.0. The van der Waals surface area contributed by atoms with Gasteiger partial charge in [0, 0.05) is 24.0 Å². The maximum atomic E-state index is 11.8. The molecule has 1 N–H and O–H groups in total. The first-order valence-corrected chi connectivity index (χ1v) is 7.17. The molecule has 0 bridgehead atoms. The minimum absolute atomic E-state index is 0.163. The Hall–Kier alpha value is -2.96. The summed E-state index contributed by atoms with van der Waals surface area (Å²) in [5.74, 6) is -1.01. The first-order chi connectivity index (χ1) is 11.2. The number of nitrogens with zero attached hydrogens (tertiary/aromatic N) is 2. The average molecular weight is 315 g/mol. The molecule has 23 heavy (non-hydrogen) atoms. The molecule has 2 aromatic rings. The monoisotopic (exact) mass is 315 g/mol. The van der Waals surface area contributed by atoms with E-state index in [-0.39, 0.29) is 18.8 Å². The van der Waals surface area contributed by atoms with Crippen molar-refractivity contribution >= 4 is 28.7 Å². The molecule has 2 heterocycles. The lowest BCUT2D eigenvalue weighted by Gasteiger charge is -2.07. The van der Waals surface area contributed by atoms with Crippen LogP contribution >= 0.6 is 0 Å². The predicted octanol–water partition coefficient (Wildman–Crippen LogP) is 2.05. The van der Waals surface area contributed by atoms with E-state index < -0.39 is 11.9 Å². The number of carbonyl (C=O) groups excluding carboxylic acids is 2. The van der Waals surface area contributed by atoms with Crippen LogP contribution in [0.4, 0.5) is 5.82 Å². The number of aromatic nitrogens is 2. The first-order valence-electron chi connectivity index (χ1n) is 7.17. The molecule has 7 heteroatoms. The number of hydrogen-bond acceptors (Lipinski definition) is 7. The van der Waals surface area contributed by atoms with Crippen LogP contribution in [0.1, 0.15) is 13.8 Å². The van der Waals surface area contributed by atoms with Gasteiger partial charge in [-0.1, -0.05) is 0 Å². The number of anilines is 1. The summed E-state index contributed by atoms with van der Waals surface area (Å²) in [5.41, 5.74) is 0.526. The second-order valence-electron chi connectivity index (χ2n) is 4.41. The Kier molecular flexibility index (Phi) is 5.62. The van der Waals surface area contributed by atoms with Crippen molar-refractivity contribution in [2.24, 2.45) is 0 Å². The summed E-state index contributed by atoms with van der Waals surface area (Å²) in [6.07, 6.45) is 4.58. The average Bonchev–Trinajstić information content (AvgIpc) is 2.55. The van der Waals surface area contributed by atoms with Crippen molar-refractivity contribution in [3.63, 3.8) is 0 Å². The van der Waals surface area contributed by atoms with Crippen LogP contribution in [0, 0.1) is 0 Å². The van der Waals surface area contributed by atoms with Crippen LogP contribution in [0.15, 0.2) is 42.4 Å². The van der Waals surface area contributed by atoms with Crippen molar-refractivity contribution in [2.75, 3.05) is 18.5 Å². The zero-order valence-corrected chi connectivity index (χ0v) is 12.9. The number of fused-ring (bicyclic) bond motifs is 1. The molecule has 7 nitrogen and oxygen atoms in total. The fourth-order valence-electron chi connectivity index (χ4n) is 1.81. The third kappa shape index (κ3) is 4.26. The molecule has 0 atom stereocenters. The van der Waals surface area contributed by atoms with Gasteiger partial charge in [0.1, 0.15) is 5.82 Å². The predicted molar refractivity (Wildman–Crippen MR) is 84.5 cm³/mol. The molecule has 0 unspecified atom stereocenters. The van der Waals surface area contributed by atoms with Gasteiger partial charge in [0.15, 0.2) is 5.57 Å². The Morgan fingerprint density at radius 1 is 1.13 bits per heavy atom. The molecule has 0 fully saturated rings. The van der Waals surface area contributed by atoms with E-state index in [0.29, 0.717) is 5.82 Å². The Labute approximate surface area is 133 Å². The summed E-state index contributed by atoms with van der Waals surface area (Å²) < 4.78 is 9.71. The molecule has 0 saturated heterocycles. The molecule has 2 rings (SSSR count). The van der Waals surface area contributed by atoms with Gasteiger partial charge in [0.25, 0.3) is 0 Å². The largest absolute Gasteiger partial charge is 0.462 e. The third-order valence-electron chi connectivity index (χ3n) is 2.84. The summed E-state index contributed by atoms with van der Waals surface area (Å²) in [6, 6.07) is 5.32. The van der Waals surface area contributed by atoms with Crippen molar-refractivity contribution in [1.29, 1.82) is 0 Å². The number of esters is 2. The fraction of sp³-hybridized carbons (Fsp3) is 0.250. The second kappa shape index (κ2) is 7.88. The molecule has 0 aliphatic rings. The maximum Gasteiger partial charge on any atom is 0.347 e. The van der Waals surface area contributed by atoms with Crippen molar-refractivity contribution in [3.05, 3.63) is 42.4 Å². The van der Waals surface area contributed by atoms with Gasteiger partial charge < -0.3 is 14.8 Å². The van der Waals surface area contributed by atoms with E-state index in [2.05, 4.69) is 15.3 Å². The summed E-state index contributed by atoms with van der Waals surface area (Å²) in [5, 5.41) is 3.71. The van der Waals surface area contributed by atoms with Crippen molar-refractivity contribution in [2.45, 2.75) is 13.8 Å². The molecule has 120 valence electrons. The molecule has 0 saturated carbocycles. The lowest BCUT2D eigenvalue weighted by atomic mass is 10.2. The molecule has 0 aliphatic heterocycles. The van der Waals surface area contributed by atoms with Gasteiger partial charge in [-0.05, 0) is 32.0 Å². The van der Waals surface area contributed by atoms with Crippen LogP contribution in [0.25, 0.3) is 10.9 Å². The number of carbonyl (C=O) groups is 2. The summed E-state index contributed by atoms with van der Waals surface area (Å²) >= 11 is 0. The van der Waals surface area contributed by atoms with E-state index in [9.17, 15) is 9.59 Å². The van der Waals surface area contributed by atoms with Gasteiger partial charge in [-0.3, -0.25) is 4.98 Å². The fourth-order valence-corrected chi connectivity index (χ4v) is 1.81. The SMILES string of the molecule is CCOC(=O)C(=CNc1ccc2cnccc2n1)C(=O)OCC. The smallest absolute Gasteiger partial charge is 0.347 e. The van der Waals surface area contributed by atoms with E-state index in [0.717, 1.165) is 10.9 Å². The molecular weight excluding hydrogens is 298 g/mol. The van der Waals surface area contributed by atoms with E-state index in [1.165, 1.54) is 6.20 Å². The Balaban J connectivity index is 2.23. The minimum atomic E-state index is -0.747. The quantitative estimate of drug-likeness (QED) is 0.377. The van der Waals surface area contributed by atoms with Crippen molar-refractivity contribution in [1.82, 2.24) is 9.97 Å². The molecular formula is C16H17N3O4. The maximum absolute atomic E-state index is 11.8. The topological polar surface area (TPSA) is 90.4 Å². The van der Waals surface area contributed by atoms with Gasteiger partial charge in [-0.2, -0.15) is 0 Å². The highest BCUT2D eigenvalue weighted by atomic mass is 16.6. The summed E-state index contributed by atoms with van der Waals surface area (Å²) in [7, 11) is 0. The third-order valence-corrected chi connectivity index (χ3v) is 2.84. The van der Waals surface area contributed by atoms with Crippen LogP contribution in [0.3, 0.4) is 0 Å². The lowest BCUT2D eigenvalue weighted by Crippen LogP contribution is -2.19. The molecule has 0 radical (unpaired) electrons. The summed E-state index contributed by atoms with van der Waals surface area (Å²) in [6.45, 7) is 3.65. The van der Waals surface area contributed by atoms with Gasteiger partial charge in [-0.25, -0.2) is 14.6 Å². The highest BCUT2D eigenvalue weighted by molar-refractivity contribution is 6.14. The van der Waals surface area contributed by atoms with E-state index in [1.54, 1.807) is 38.4 Å². The van der Waals surface area contributed by atoms with Crippen LogP contribution in [-0.2, 0) is 19.1 Å². The van der Waals surface area contributed by atoms with Gasteiger partial charge in [0.2, 0.25) is 0 Å². The Bertz CT molecular complexity index is 723. The van der Waals surface area contributed by atoms with Crippen LogP contribution in [0.2, 0.25) is 0 Å². The molecule has 0 spiro atoms. The van der Waals surface area contributed by atoms with Crippen molar-refractivity contribution < 1.29 is 19.1 Å². The molecule has 0 aliphatic carbocycles. The van der Waals surface area contributed by atoms with Gasteiger partial charge >= 0.3 is 11.9 Å². The molecule has 0 aromatic carbocycles. The zero-order valence-electron chi connectivity index (χ0n) is 12.9. The molecule has 0 amide bonds. The number of rotatable bonds is 6. The number of hydrogen-bond donors (Lipinski definition) is 1. The van der Waals surface area contributed by atoms with Crippen LogP contribution in [0.5, 0.6) is 0 Å². The first kappa shape index (κ1) is 16.4. The minimum Gasteiger partial charge on any atom is -0.462 e. The standard InChI is InChI=1S/C16H17N3O4/c1-3-22-15(20)12(16(21)23-4-2)10-18-14-6-5-11-9-17-8-7-13(11)19-14/h5-10H,3-4H2,1-2H3,(H,18,19). The number of pyridine rings is 2. The second-order valence-corrected chi connectivity index (χ2v) is 4.41. The van der Waals surface area contributed by atoms with Crippen LogP contribution < -0.4 is 5.32 Å². The van der Waals surface area contributed by atoms with Crippen LogP contribution in [-0.4, -0.2) is 35.1 Å². The number of ether oxygens (including phenoxy) is 2. The van der Waals surface area contributed by atoms with E-state index in [1.807, 2.05) is 6.07 Å². The highest BCUT2D eigenvalue weighted by Crippen LogP contribution is 2.14. The lowest BCUT2D eigenvalue weighted by molar-refractivity contribution is -0.146. The van der Waals surface area contributed by atoms with Gasteiger partial charge in [0.05, 0.1) is 18.7 Å². The molecule has 2 aromatic heterocycles. The Morgan fingerprint density at radius 3 is 2.48 bits per heavy atom. The normalized spacial score (nSPS) is 10.0. The van der Waals surface area contributed by atoms with E-state index >= 15 is 0 Å². The Morgan fingerprint density at radius 2 is 1.83 bits per heavy atom. The van der Waals surface area contributed by atoms with Crippen molar-refractivity contribution in [3.8, 4) is 0 Å². The van der Waals surface area contributed by atoms with E-state index in [4.69, 9.17) is 9.47 Å². The zero-order chi connectivity index (χ0) is 16.7. The van der Waals surface area contributed by atoms with Gasteiger partial charge in [-0.15, -0.1) is 0 Å². The number of nitrogens with one attached hydrogen (secondary N) is 1.